The summed E-state index contributed by atoms with van der Waals surface area (Å²) in [4.78, 5) is 36.3. The molecule has 156 valence electrons. The summed E-state index contributed by atoms with van der Waals surface area (Å²) in [6, 6.07) is 15.8. The normalized spacial score (nSPS) is 11.3. The molecule has 2 aromatic carbocycles. The van der Waals surface area contributed by atoms with E-state index in [2.05, 4.69) is 15.8 Å². The van der Waals surface area contributed by atoms with E-state index in [4.69, 9.17) is 11.6 Å². The third-order valence-corrected chi connectivity index (χ3v) is 5.05. The molecule has 0 unspecified atom stereocenters. The Morgan fingerprint density at radius 1 is 1.10 bits per heavy atom. The molecule has 31 heavy (non-hydrogen) atoms. The lowest BCUT2D eigenvalue weighted by atomic mass is 10.2. The zero-order chi connectivity index (χ0) is 22.2. The SMILES string of the molecule is O=C(N/N=C\c1cccc([N+](=O)[O-])c1)/C(=C/c1cccs1)NC(=O)c1ccccc1Cl. The van der Waals surface area contributed by atoms with Gasteiger partial charge in [-0.15, -0.1) is 11.3 Å². The molecule has 1 heterocycles. The van der Waals surface area contributed by atoms with Crippen molar-refractivity contribution in [3.63, 3.8) is 0 Å². The number of carbonyl (C=O) groups is 2. The fraction of sp³-hybridized carbons (Fsp3) is 0. The number of nitrogens with one attached hydrogen (secondary N) is 2. The zero-order valence-electron chi connectivity index (χ0n) is 15.8. The van der Waals surface area contributed by atoms with Crippen LogP contribution >= 0.6 is 22.9 Å². The Balaban J connectivity index is 1.77. The van der Waals surface area contributed by atoms with Gasteiger partial charge in [-0.05, 0) is 29.7 Å². The molecule has 8 nitrogen and oxygen atoms in total. The highest BCUT2D eigenvalue weighted by molar-refractivity contribution is 7.10. The number of halogens is 1. The van der Waals surface area contributed by atoms with Crippen LogP contribution in [0.25, 0.3) is 6.08 Å². The molecule has 3 aromatic rings. The monoisotopic (exact) mass is 454 g/mol. The first-order valence-electron chi connectivity index (χ1n) is 8.83. The molecule has 0 atom stereocenters. The molecule has 10 heteroatoms. The molecule has 0 aliphatic carbocycles. The number of hydrogen-bond acceptors (Lipinski definition) is 6. The molecule has 0 saturated carbocycles. The highest BCUT2D eigenvalue weighted by Crippen LogP contribution is 2.17. The van der Waals surface area contributed by atoms with Gasteiger partial charge in [0.1, 0.15) is 5.70 Å². The number of nitro benzene ring substituents is 1. The minimum Gasteiger partial charge on any atom is -0.317 e. The van der Waals surface area contributed by atoms with Crippen molar-refractivity contribution < 1.29 is 14.5 Å². The van der Waals surface area contributed by atoms with Crippen molar-refractivity contribution in [1.82, 2.24) is 10.7 Å². The average Bonchev–Trinajstić information content (AvgIpc) is 3.27. The van der Waals surface area contributed by atoms with Gasteiger partial charge in [0.2, 0.25) is 0 Å². The lowest BCUT2D eigenvalue weighted by Crippen LogP contribution is -2.32. The molecule has 0 spiro atoms. The van der Waals surface area contributed by atoms with E-state index in [1.807, 2.05) is 11.4 Å². The van der Waals surface area contributed by atoms with Gasteiger partial charge in [0, 0.05) is 22.6 Å². The topological polar surface area (TPSA) is 114 Å². The fourth-order valence-corrected chi connectivity index (χ4v) is 3.33. The molecule has 3 rings (SSSR count). The predicted molar refractivity (Wildman–Crippen MR) is 120 cm³/mol. The Morgan fingerprint density at radius 2 is 1.90 bits per heavy atom. The number of hydrazone groups is 1. The standard InChI is InChI=1S/C21H15ClN4O4S/c22-18-9-2-1-8-17(18)20(27)24-19(12-16-7-4-10-31-16)21(28)25-23-13-14-5-3-6-15(11-14)26(29)30/h1-13H,(H,24,27)(H,25,28)/b19-12-,23-13-. The summed E-state index contributed by atoms with van der Waals surface area (Å²) in [6.45, 7) is 0. The van der Waals surface area contributed by atoms with Gasteiger partial charge in [0.05, 0.1) is 21.7 Å². The third kappa shape index (κ3) is 6.08. The van der Waals surface area contributed by atoms with Gasteiger partial charge in [-0.25, -0.2) is 5.43 Å². The van der Waals surface area contributed by atoms with Crippen LogP contribution in [0.2, 0.25) is 5.02 Å². The van der Waals surface area contributed by atoms with Crippen molar-refractivity contribution in [2.24, 2.45) is 5.10 Å². The molecule has 0 bridgehead atoms. The van der Waals surface area contributed by atoms with Crippen LogP contribution in [0.4, 0.5) is 5.69 Å². The van der Waals surface area contributed by atoms with E-state index in [-0.39, 0.29) is 22.0 Å². The number of rotatable bonds is 7. The summed E-state index contributed by atoms with van der Waals surface area (Å²) in [5, 5.41) is 19.3. The molecule has 0 saturated heterocycles. The summed E-state index contributed by atoms with van der Waals surface area (Å²) < 4.78 is 0. The van der Waals surface area contributed by atoms with Crippen LogP contribution in [0.15, 0.2) is 76.8 Å². The number of nitrogens with zero attached hydrogens (tertiary/aromatic N) is 2. The minimum atomic E-state index is -0.671. The molecule has 0 aliphatic heterocycles. The Bertz CT molecular complexity index is 1180. The lowest BCUT2D eigenvalue weighted by Gasteiger charge is -2.09. The quantitative estimate of drug-likeness (QED) is 0.240. The minimum absolute atomic E-state index is 0.0384. The molecule has 2 N–H and O–H groups in total. The maximum absolute atomic E-state index is 12.6. The second-order valence-corrected chi connectivity index (χ2v) is 7.45. The van der Waals surface area contributed by atoms with E-state index in [1.165, 1.54) is 41.8 Å². The van der Waals surface area contributed by atoms with E-state index in [9.17, 15) is 19.7 Å². The van der Waals surface area contributed by atoms with Crippen LogP contribution in [-0.4, -0.2) is 23.0 Å². The second-order valence-electron chi connectivity index (χ2n) is 6.06. The summed E-state index contributed by atoms with van der Waals surface area (Å²) in [5.74, 6) is -1.22. The summed E-state index contributed by atoms with van der Waals surface area (Å²) in [6.07, 6.45) is 2.78. The number of carbonyl (C=O) groups excluding carboxylic acids is 2. The first-order chi connectivity index (χ1) is 14.9. The van der Waals surface area contributed by atoms with Gasteiger partial charge in [0.25, 0.3) is 17.5 Å². The number of nitro groups is 1. The van der Waals surface area contributed by atoms with Gasteiger partial charge in [0.15, 0.2) is 0 Å². The van der Waals surface area contributed by atoms with Gasteiger partial charge in [-0.1, -0.05) is 41.9 Å². The van der Waals surface area contributed by atoms with Crippen molar-refractivity contribution in [1.29, 1.82) is 0 Å². The van der Waals surface area contributed by atoms with Gasteiger partial charge in [-0.2, -0.15) is 5.10 Å². The Kier molecular flexibility index (Phi) is 7.26. The number of benzene rings is 2. The fourth-order valence-electron chi connectivity index (χ4n) is 2.45. The Labute approximate surface area is 186 Å². The maximum atomic E-state index is 12.6. The Morgan fingerprint density at radius 3 is 2.61 bits per heavy atom. The van der Waals surface area contributed by atoms with E-state index in [1.54, 1.807) is 36.4 Å². The predicted octanol–water partition coefficient (Wildman–Crippen LogP) is 4.23. The Hall–Kier alpha value is -3.82. The van der Waals surface area contributed by atoms with Gasteiger partial charge in [-0.3, -0.25) is 19.7 Å². The van der Waals surface area contributed by atoms with Crippen LogP contribution < -0.4 is 10.7 Å². The second kappa shape index (κ2) is 10.3. The summed E-state index contributed by atoms with van der Waals surface area (Å²) in [5.41, 5.74) is 2.82. The molecule has 1 aromatic heterocycles. The van der Waals surface area contributed by atoms with Crippen molar-refractivity contribution in [2.45, 2.75) is 0 Å². The molecule has 0 aliphatic rings. The molecule has 0 radical (unpaired) electrons. The van der Waals surface area contributed by atoms with Crippen LogP contribution in [0.5, 0.6) is 0 Å². The number of non-ortho nitro benzene ring substituents is 1. The van der Waals surface area contributed by atoms with Crippen LogP contribution in [0, 0.1) is 10.1 Å². The highest BCUT2D eigenvalue weighted by atomic mass is 35.5. The summed E-state index contributed by atoms with van der Waals surface area (Å²) in [7, 11) is 0. The van der Waals surface area contributed by atoms with Crippen LogP contribution in [0.1, 0.15) is 20.8 Å². The molecular weight excluding hydrogens is 440 g/mol. The summed E-state index contributed by atoms with van der Waals surface area (Å²) >= 11 is 7.44. The number of amides is 2. The highest BCUT2D eigenvalue weighted by Gasteiger charge is 2.16. The smallest absolute Gasteiger partial charge is 0.287 e. The largest absolute Gasteiger partial charge is 0.317 e. The van der Waals surface area contributed by atoms with Crippen molar-refractivity contribution >= 4 is 52.7 Å². The van der Waals surface area contributed by atoms with Crippen LogP contribution in [0.3, 0.4) is 0 Å². The van der Waals surface area contributed by atoms with E-state index in [0.717, 1.165) is 4.88 Å². The van der Waals surface area contributed by atoms with Crippen molar-refractivity contribution in [3.8, 4) is 0 Å². The van der Waals surface area contributed by atoms with E-state index >= 15 is 0 Å². The van der Waals surface area contributed by atoms with E-state index in [0.29, 0.717) is 5.56 Å². The molecule has 0 fully saturated rings. The van der Waals surface area contributed by atoms with Crippen molar-refractivity contribution in [2.75, 3.05) is 0 Å². The first kappa shape index (κ1) is 21.9. The lowest BCUT2D eigenvalue weighted by molar-refractivity contribution is -0.384. The number of thiophene rings is 1. The number of hydrogen-bond donors (Lipinski definition) is 2. The zero-order valence-corrected chi connectivity index (χ0v) is 17.4. The van der Waals surface area contributed by atoms with Gasteiger partial charge >= 0.3 is 0 Å². The van der Waals surface area contributed by atoms with E-state index < -0.39 is 16.7 Å². The molecule has 2 amide bonds. The van der Waals surface area contributed by atoms with Crippen LogP contribution in [-0.2, 0) is 4.79 Å². The third-order valence-electron chi connectivity index (χ3n) is 3.90. The van der Waals surface area contributed by atoms with Gasteiger partial charge < -0.3 is 5.32 Å². The first-order valence-corrected chi connectivity index (χ1v) is 10.1. The maximum Gasteiger partial charge on any atom is 0.287 e. The van der Waals surface area contributed by atoms with Crippen molar-refractivity contribution in [3.05, 3.63) is 103 Å². The molecular formula is C21H15ClN4O4S. The average molecular weight is 455 g/mol.